The number of anilines is 1. The van der Waals surface area contributed by atoms with Crippen molar-refractivity contribution in [2.75, 3.05) is 18.0 Å². The molecule has 0 radical (unpaired) electrons. The number of pyridine rings is 1. The normalized spacial score (nSPS) is 15.1. The minimum atomic E-state index is -4.57. The SMILES string of the molecule is Cn1cnnc1C1CCN(c2c(C#N)cccc2-c2cnc3nn(C)c(C(F)(F)F)c3c2)CC1. The van der Waals surface area contributed by atoms with Crippen LogP contribution in [0.1, 0.15) is 35.8 Å². The number of halogens is 3. The van der Waals surface area contributed by atoms with Crippen LogP contribution in [0.25, 0.3) is 22.2 Å². The van der Waals surface area contributed by atoms with Crippen molar-refractivity contribution < 1.29 is 13.2 Å². The van der Waals surface area contributed by atoms with Crippen LogP contribution in [-0.4, -0.2) is 42.6 Å². The Balaban J connectivity index is 1.55. The Hall–Kier alpha value is -3.94. The second-order valence-corrected chi connectivity index (χ2v) is 8.44. The summed E-state index contributed by atoms with van der Waals surface area (Å²) < 4.78 is 43.7. The van der Waals surface area contributed by atoms with Gasteiger partial charge in [-0.1, -0.05) is 12.1 Å². The van der Waals surface area contributed by atoms with Crippen LogP contribution < -0.4 is 4.90 Å². The number of rotatable bonds is 3. The van der Waals surface area contributed by atoms with Crippen LogP contribution in [0.15, 0.2) is 36.8 Å². The quantitative estimate of drug-likeness (QED) is 0.453. The fraction of sp³-hybridized carbons (Fsp3) is 0.348. The molecule has 0 saturated carbocycles. The summed E-state index contributed by atoms with van der Waals surface area (Å²) in [6.07, 6.45) is 0.278. The summed E-state index contributed by atoms with van der Waals surface area (Å²) in [6, 6.07) is 8.99. The Morgan fingerprint density at radius 1 is 1.15 bits per heavy atom. The number of hydrogen-bond acceptors (Lipinski definition) is 6. The smallest absolute Gasteiger partial charge is 0.370 e. The van der Waals surface area contributed by atoms with E-state index >= 15 is 0 Å². The average Bonchev–Trinajstić information content (AvgIpc) is 3.39. The Morgan fingerprint density at radius 3 is 2.56 bits per heavy atom. The minimum Gasteiger partial charge on any atom is -0.370 e. The highest BCUT2D eigenvalue weighted by molar-refractivity contribution is 5.89. The van der Waals surface area contributed by atoms with Gasteiger partial charge in [0.25, 0.3) is 0 Å². The van der Waals surface area contributed by atoms with Crippen molar-refractivity contribution in [3.63, 3.8) is 0 Å². The van der Waals surface area contributed by atoms with Crippen LogP contribution in [0.4, 0.5) is 18.9 Å². The third-order valence-electron chi connectivity index (χ3n) is 6.35. The van der Waals surface area contributed by atoms with E-state index in [9.17, 15) is 18.4 Å². The highest BCUT2D eigenvalue weighted by atomic mass is 19.4. The van der Waals surface area contributed by atoms with Crippen LogP contribution in [0.2, 0.25) is 0 Å². The molecule has 0 aliphatic carbocycles. The van der Waals surface area contributed by atoms with Gasteiger partial charge in [-0.25, -0.2) is 4.98 Å². The summed E-state index contributed by atoms with van der Waals surface area (Å²) in [7, 11) is 3.18. The van der Waals surface area contributed by atoms with Gasteiger partial charge in [0.15, 0.2) is 11.3 Å². The number of hydrogen-bond donors (Lipinski definition) is 0. The maximum atomic E-state index is 13.7. The molecule has 0 spiro atoms. The van der Waals surface area contributed by atoms with Crippen LogP contribution in [-0.2, 0) is 20.3 Å². The van der Waals surface area contributed by atoms with Crippen molar-refractivity contribution in [3.8, 4) is 17.2 Å². The molecule has 1 saturated heterocycles. The molecule has 5 rings (SSSR count). The van der Waals surface area contributed by atoms with Crippen LogP contribution in [0, 0.1) is 11.3 Å². The van der Waals surface area contributed by atoms with Crippen LogP contribution in [0.3, 0.4) is 0 Å². The van der Waals surface area contributed by atoms with Crippen LogP contribution >= 0.6 is 0 Å². The van der Waals surface area contributed by atoms with Crippen molar-refractivity contribution in [1.29, 1.82) is 5.26 Å². The van der Waals surface area contributed by atoms with Crippen molar-refractivity contribution in [2.24, 2.45) is 14.1 Å². The number of alkyl halides is 3. The molecule has 0 atom stereocenters. The Bertz CT molecular complexity index is 1400. The number of aryl methyl sites for hydroxylation is 2. The maximum Gasteiger partial charge on any atom is 0.433 e. The third-order valence-corrected chi connectivity index (χ3v) is 6.35. The third kappa shape index (κ3) is 3.65. The molecule has 4 aromatic rings. The highest BCUT2D eigenvalue weighted by Crippen LogP contribution is 2.40. The number of nitriles is 1. The molecule has 11 heteroatoms. The van der Waals surface area contributed by atoms with E-state index in [1.54, 1.807) is 18.5 Å². The number of piperidine rings is 1. The highest BCUT2D eigenvalue weighted by Gasteiger charge is 2.37. The van der Waals surface area contributed by atoms with E-state index in [0.29, 0.717) is 35.5 Å². The lowest BCUT2D eigenvalue weighted by molar-refractivity contribution is -0.142. The summed E-state index contributed by atoms with van der Waals surface area (Å²) in [5.74, 6) is 1.18. The largest absolute Gasteiger partial charge is 0.433 e. The number of para-hydroxylation sites is 1. The molecule has 1 aromatic carbocycles. The standard InChI is InChI=1S/C23H21F3N8/c1-32-13-29-30-22(32)14-6-8-34(9-7-14)19-15(11-27)4-3-5-17(19)16-10-18-20(23(24,25)26)33(2)31-21(18)28-12-16/h3-5,10,12-14H,6-9H2,1-2H3. The molecule has 34 heavy (non-hydrogen) atoms. The van der Waals surface area contributed by atoms with Crippen molar-refractivity contribution >= 4 is 16.7 Å². The molecule has 174 valence electrons. The number of nitrogens with zero attached hydrogens (tertiary/aromatic N) is 8. The summed E-state index contributed by atoms with van der Waals surface area (Å²) in [5.41, 5.74) is 1.54. The zero-order valence-electron chi connectivity index (χ0n) is 18.6. The molecule has 1 fully saturated rings. The van der Waals surface area contributed by atoms with Crippen molar-refractivity contribution in [2.45, 2.75) is 24.9 Å². The molecular formula is C23H21F3N8. The van der Waals surface area contributed by atoms with E-state index in [4.69, 9.17) is 0 Å². The molecule has 0 N–H and O–H groups in total. The molecular weight excluding hydrogens is 445 g/mol. The summed E-state index contributed by atoms with van der Waals surface area (Å²) in [4.78, 5) is 6.32. The lowest BCUT2D eigenvalue weighted by Crippen LogP contribution is -2.34. The van der Waals surface area contributed by atoms with E-state index in [1.807, 2.05) is 17.7 Å². The molecule has 3 aromatic heterocycles. The second kappa shape index (κ2) is 8.13. The van der Waals surface area contributed by atoms with Crippen molar-refractivity contribution in [3.05, 3.63) is 53.9 Å². The summed E-state index contributed by atoms with van der Waals surface area (Å²) >= 11 is 0. The summed E-state index contributed by atoms with van der Waals surface area (Å²) in [5, 5.41) is 21.8. The minimum absolute atomic E-state index is 0.0288. The Kier molecular flexibility index (Phi) is 5.23. The molecule has 0 unspecified atom stereocenters. The average molecular weight is 466 g/mol. The van der Waals surface area contributed by atoms with E-state index in [-0.39, 0.29) is 17.0 Å². The first kappa shape index (κ1) is 21.9. The van der Waals surface area contributed by atoms with Crippen molar-refractivity contribution in [1.82, 2.24) is 29.5 Å². The fourth-order valence-electron chi connectivity index (χ4n) is 4.79. The van der Waals surface area contributed by atoms with Crippen LogP contribution in [0.5, 0.6) is 0 Å². The monoisotopic (exact) mass is 466 g/mol. The van der Waals surface area contributed by atoms with Gasteiger partial charge in [0.2, 0.25) is 0 Å². The lowest BCUT2D eigenvalue weighted by Gasteiger charge is -2.35. The van der Waals surface area contributed by atoms with E-state index in [2.05, 4.69) is 31.2 Å². The van der Waals surface area contributed by atoms with Gasteiger partial charge in [0, 0.05) is 50.4 Å². The Morgan fingerprint density at radius 2 is 1.91 bits per heavy atom. The van der Waals surface area contributed by atoms with E-state index < -0.39 is 11.9 Å². The first-order valence-corrected chi connectivity index (χ1v) is 10.8. The molecule has 4 heterocycles. The first-order valence-electron chi connectivity index (χ1n) is 10.8. The zero-order valence-corrected chi connectivity index (χ0v) is 18.6. The van der Waals surface area contributed by atoms with E-state index in [1.165, 1.54) is 19.3 Å². The topological polar surface area (TPSA) is 88.4 Å². The number of fused-ring (bicyclic) bond motifs is 1. The number of benzene rings is 1. The molecule has 0 amide bonds. The fourth-order valence-corrected chi connectivity index (χ4v) is 4.79. The molecule has 0 bridgehead atoms. The first-order chi connectivity index (χ1) is 16.3. The van der Waals surface area contributed by atoms with Gasteiger partial charge >= 0.3 is 6.18 Å². The summed E-state index contributed by atoms with van der Waals surface area (Å²) in [6.45, 7) is 1.36. The Labute approximate surface area is 193 Å². The van der Waals surface area contributed by atoms with Gasteiger partial charge < -0.3 is 9.47 Å². The predicted molar refractivity (Wildman–Crippen MR) is 119 cm³/mol. The van der Waals surface area contributed by atoms with E-state index in [0.717, 1.165) is 23.3 Å². The molecule has 1 aliphatic rings. The van der Waals surface area contributed by atoms with Gasteiger partial charge in [-0.3, -0.25) is 4.68 Å². The van der Waals surface area contributed by atoms with Gasteiger partial charge in [-0.2, -0.15) is 23.5 Å². The van der Waals surface area contributed by atoms with Gasteiger partial charge in [0.1, 0.15) is 18.2 Å². The lowest BCUT2D eigenvalue weighted by atomic mass is 9.93. The second-order valence-electron chi connectivity index (χ2n) is 8.44. The van der Waals surface area contributed by atoms with Gasteiger partial charge in [0.05, 0.1) is 16.6 Å². The predicted octanol–water partition coefficient (Wildman–Crippen LogP) is 4.04. The zero-order chi connectivity index (χ0) is 24.0. The maximum absolute atomic E-state index is 13.7. The number of aromatic nitrogens is 6. The van der Waals surface area contributed by atoms with Gasteiger partial charge in [-0.15, -0.1) is 10.2 Å². The van der Waals surface area contributed by atoms with Gasteiger partial charge in [-0.05, 0) is 25.0 Å². The molecule has 1 aliphatic heterocycles. The molecule has 8 nitrogen and oxygen atoms in total.